The molecule has 0 radical (unpaired) electrons. The summed E-state index contributed by atoms with van der Waals surface area (Å²) in [5, 5.41) is 17.5. The van der Waals surface area contributed by atoms with Gasteiger partial charge in [0.05, 0.1) is 18.1 Å². The number of nitrogens with zero attached hydrogens (tertiary/aromatic N) is 3. The number of aliphatic imine (C=N–C) groups is 1. The van der Waals surface area contributed by atoms with Crippen molar-refractivity contribution in [3.63, 3.8) is 0 Å². The largest absolute Gasteiger partial charge is 0.496 e. The van der Waals surface area contributed by atoms with Gasteiger partial charge in [-0.15, -0.1) is 24.0 Å². The van der Waals surface area contributed by atoms with Crippen LogP contribution in [0.2, 0.25) is 0 Å². The minimum Gasteiger partial charge on any atom is -0.496 e. The van der Waals surface area contributed by atoms with Crippen LogP contribution in [0.25, 0.3) is 0 Å². The van der Waals surface area contributed by atoms with E-state index >= 15 is 0 Å². The summed E-state index contributed by atoms with van der Waals surface area (Å²) in [6.07, 6.45) is 2.41. The highest BCUT2D eigenvalue weighted by atomic mass is 127. The molecule has 168 valence electrons. The van der Waals surface area contributed by atoms with Gasteiger partial charge in [0.2, 0.25) is 0 Å². The van der Waals surface area contributed by atoms with E-state index in [2.05, 4.69) is 26.6 Å². The lowest BCUT2D eigenvalue weighted by Crippen LogP contribution is -2.42. The SMILES string of the molecule is CN=C(NCc1ccc([N+](=O)[O-])cc1)NCC(c1ccccc1OC)N1CCCC1.I. The molecule has 0 bridgehead atoms. The molecule has 1 fully saturated rings. The van der Waals surface area contributed by atoms with Gasteiger partial charge in [0.15, 0.2) is 5.96 Å². The summed E-state index contributed by atoms with van der Waals surface area (Å²) in [5.41, 5.74) is 2.20. The number of non-ortho nitro benzene ring substituents is 1. The lowest BCUT2D eigenvalue weighted by Gasteiger charge is -2.30. The first-order valence-electron chi connectivity index (χ1n) is 10.2. The number of rotatable bonds is 8. The highest BCUT2D eigenvalue weighted by molar-refractivity contribution is 14.0. The number of nitro benzene ring substituents is 1. The molecule has 9 heteroatoms. The first-order chi connectivity index (χ1) is 14.6. The number of likely N-dealkylation sites (tertiary alicyclic amines) is 1. The molecule has 8 nitrogen and oxygen atoms in total. The Morgan fingerprint density at radius 1 is 1.16 bits per heavy atom. The van der Waals surface area contributed by atoms with Crippen LogP contribution in [0, 0.1) is 10.1 Å². The van der Waals surface area contributed by atoms with Gasteiger partial charge < -0.3 is 15.4 Å². The minimum absolute atomic E-state index is 0. The number of halogens is 1. The second kappa shape index (κ2) is 12.5. The van der Waals surface area contributed by atoms with Crippen LogP contribution in [0.3, 0.4) is 0 Å². The summed E-state index contributed by atoms with van der Waals surface area (Å²) in [7, 11) is 3.44. The molecule has 1 saturated heterocycles. The van der Waals surface area contributed by atoms with Crippen molar-refractivity contribution >= 4 is 35.6 Å². The third kappa shape index (κ3) is 6.79. The second-order valence-electron chi connectivity index (χ2n) is 7.23. The monoisotopic (exact) mass is 539 g/mol. The summed E-state index contributed by atoms with van der Waals surface area (Å²) in [5.74, 6) is 1.58. The zero-order valence-corrected chi connectivity index (χ0v) is 20.2. The molecule has 1 unspecified atom stereocenters. The van der Waals surface area contributed by atoms with E-state index in [1.165, 1.54) is 30.5 Å². The molecule has 1 aliphatic heterocycles. The van der Waals surface area contributed by atoms with E-state index in [4.69, 9.17) is 4.74 Å². The number of nitrogens with one attached hydrogen (secondary N) is 2. The summed E-state index contributed by atoms with van der Waals surface area (Å²) in [4.78, 5) is 17.2. The molecular formula is C22H30IN5O3. The van der Waals surface area contributed by atoms with E-state index in [0.29, 0.717) is 19.0 Å². The molecule has 0 aliphatic carbocycles. The highest BCUT2D eigenvalue weighted by Crippen LogP contribution is 2.31. The number of guanidine groups is 1. The average molecular weight is 539 g/mol. The zero-order valence-electron chi connectivity index (χ0n) is 17.9. The number of methoxy groups -OCH3 is 1. The van der Waals surface area contributed by atoms with E-state index in [9.17, 15) is 10.1 Å². The predicted octanol–water partition coefficient (Wildman–Crippen LogP) is 3.72. The third-order valence-corrected chi connectivity index (χ3v) is 5.37. The molecule has 2 N–H and O–H groups in total. The molecule has 1 heterocycles. The number of para-hydroxylation sites is 1. The standard InChI is InChI=1S/C22H29N5O3.HI/c1-23-22(24-15-17-9-11-18(12-10-17)27(28)29)25-16-20(26-13-5-6-14-26)19-7-3-4-8-21(19)30-2;/h3-4,7-12,20H,5-6,13-16H2,1-2H3,(H2,23,24,25);1H. The number of benzene rings is 2. The van der Waals surface area contributed by atoms with Crippen LogP contribution >= 0.6 is 24.0 Å². The number of hydrogen-bond donors (Lipinski definition) is 2. The Morgan fingerprint density at radius 2 is 1.84 bits per heavy atom. The van der Waals surface area contributed by atoms with Crippen LogP contribution in [0.1, 0.15) is 30.0 Å². The molecule has 0 aromatic heterocycles. The number of ether oxygens (including phenoxy) is 1. The molecule has 3 rings (SSSR count). The molecule has 31 heavy (non-hydrogen) atoms. The molecule has 1 atom stereocenters. The fourth-order valence-electron chi connectivity index (χ4n) is 3.77. The molecule has 2 aromatic rings. The number of nitro groups is 1. The predicted molar refractivity (Wildman–Crippen MR) is 133 cm³/mol. The Bertz CT molecular complexity index is 870. The summed E-state index contributed by atoms with van der Waals surface area (Å²) in [6, 6.07) is 14.9. The maximum absolute atomic E-state index is 10.8. The fraction of sp³-hybridized carbons (Fsp3) is 0.409. The molecule has 1 aliphatic rings. The van der Waals surface area contributed by atoms with E-state index in [0.717, 1.165) is 24.4 Å². The van der Waals surface area contributed by atoms with Gasteiger partial charge >= 0.3 is 0 Å². The summed E-state index contributed by atoms with van der Waals surface area (Å²) >= 11 is 0. The topological polar surface area (TPSA) is 92.0 Å². The normalized spacial score (nSPS) is 15.1. The van der Waals surface area contributed by atoms with Crippen molar-refractivity contribution in [1.82, 2.24) is 15.5 Å². The zero-order chi connectivity index (χ0) is 21.3. The average Bonchev–Trinajstić information content (AvgIpc) is 3.31. The van der Waals surface area contributed by atoms with Crippen molar-refractivity contribution in [2.45, 2.75) is 25.4 Å². The Kier molecular flexibility index (Phi) is 9.99. The van der Waals surface area contributed by atoms with Gasteiger partial charge in [-0.05, 0) is 37.6 Å². The van der Waals surface area contributed by atoms with Crippen molar-refractivity contribution in [3.05, 3.63) is 69.8 Å². The first-order valence-corrected chi connectivity index (χ1v) is 10.2. The van der Waals surface area contributed by atoms with Gasteiger partial charge in [-0.3, -0.25) is 20.0 Å². The quantitative estimate of drug-likeness (QED) is 0.175. The van der Waals surface area contributed by atoms with E-state index < -0.39 is 4.92 Å². The van der Waals surface area contributed by atoms with Crippen LogP contribution in [0.5, 0.6) is 5.75 Å². The Hall–Kier alpha value is -2.40. The third-order valence-electron chi connectivity index (χ3n) is 5.37. The van der Waals surface area contributed by atoms with Crippen molar-refractivity contribution in [2.75, 3.05) is 33.8 Å². The summed E-state index contributed by atoms with van der Waals surface area (Å²) < 4.78 is 5.60. The Morgan fingerprint density at radius 3 is 2.45 bits per heavy atom. The highest BCUT2D eigenvalue weighted by Gasteiger charge is 2.26. The lowest BCUT2D eigenvalue weighted by atomic mass is 10.0. The van der Waals surface area contributed by atoms with Crippen LogP contribution in [0.15, 0.2) is 53.5 Å². The number of hydrogen-bond acceptors (Lipinski definition) is 5. The Labute approximate surface area is 200 Å². The van der Waals surface area contributed by atoms with Crippen LogP contribution < -0.4 is 15.4 Å². The van der Waals surface area contributed by atoms with Crippen LogP contribution in [0.4, 0.5) is 5.69 Å². The van der Waals surface area contributed by atoms with E-state index in [1.807, 2.05) is 18.2 Å². The fourth-order valence-corrected chi connectivity index (χ4v) is 3.77. The van der Waals surface area contributed by atoms with Gasteiger partial charge in [-0.1, -0.05) is 30.3 Å². The van der Waals surface area contributed by atoms with Gasteiger partial charge in [0.1, 0.15) is 5.75 Å². The van der Waals surface area contributed by atoms with Gasteiger partial charge in [0.25, 0.3) is 5.69 Å². The molecule has 0 amide bonds. The first kappa shape index (κ1) is 24.9. The van der Waals surface area contributed by atoms with Gasteiger partial charge in [-0.25, -0.2) is 0 Å². The van der Waals surface area contributed by atoms with Gasteiger partial charge in [-0.2, -0.15) is 0 Å². The van der Waals surface area contributed by atoms with Crippen LogP contribution in [-0.4, -0.2) is 49.6 Å². The maximum atomic E-state index is 10.8. The van der Waals surface area contributed by atoms with Crippen molar-refractivity contribution in [3.8, 4) is 5.75 Å². The smallest absolute Gasteiger partial charge is 0.269 e. The van der Waals surface area contributed by atoms with Gasteiger partial charge in [0, 0.05) is 37.8 Å². The Balaban J connectivity index is 0.00000341. The van der Waals surface area contributed by atoms with Crippen molar-refractivity contribution < 1.29 is 9.66 Å². The molecule has 2 aromatic carbocycles. The molecular weight excluding hydrogens is 509 g/mol. The maximum Gasteiger partial charge on any atom is 0.269 e. The lowest BCUT2D eigenvalue weighted by molar-refractivity contribution is -0.384. The van der Waals surface area contributed by atoms with Crippen LogP contribution in [-0.2, 0) is 6.54 Å². The van der Waals surface area contributed by atoms with E-state index in [-0.39, 0.29) is 35.7 Å². The van der Waals surface area contributed by atoms with Crippen molar-refractivity contribution in [2.24, 2.45) is 4.99 Å². The molecule has 0 saturated carbocycles. The molecule has 0 spiro atoms. The summed E-state index contributed by atoms with van der Waals surface area (Å²) in [6.45, 7) is 3.36. The minimum atomic E-state index is -0.395. The van der Waals surface area contributed by atoms with E-state index in [1.54, 1.807) is 26.3 Å². The van der Waals surface area contributed by atoms with Crippen molar-refractivity contribution in [1.29, 1.82) is 0 Å². The second-order valence-corrected chi connectivity index (χ2v) is 7.23.